The highest BCUT2D eigenvalue weighted by Crippen LogP contribution is 2.29. The van der Waals surface area contributed by atoms with Gasteiger partial charge in [-0.25, -0.2) is 9.67 Å². The zero-order valence-corrected chi connectivity index (χ0v) is 15.2. The number of pyridine rings is 1. The number of hydrogen-bond donors (Lipinski definition) is 4. The summed E-state index contributed by atoms with van der Waals surface area (Å²) in [5.41, 5.74) is 11.3. The van der Waals surface area contributed by atoms with E-state index < -0.39 is 11.9 Å². The lowest BCUT2D eigenvalue weighted by Crippen LogP contribution is -2.13. The molecule has 0 radical (unpaired) electrons. The van der Waals surface area contributed by atoms with Crippen LogP contribution in [-0.4, -0.2) is 48.6 Å². The van der Waals surface area contributed by atoms with Gasteiger partial charge in [-0.15, -0.1) is 5.10 Å². The van der Waals surface area contributed by atoms with Gasteiger partial charge in [0.15, 0.2) is 5.69 Å². The van der Waals surface area contributed by atoms with Crippen molar-refractivity contribution < 1.29 is 19.8 Å². The van der Waals surface area contributed by atoms with Crippen LogP contribution in [0.5, 0.6) is 5.75 Å². The summed E-state index contributed by atoms with van der Waals surface area (Å²) in [6.07, 6.45) is 1.68. The predicted octanol–water partition coefficient (Wildman–Crippen LogP) is 0.876. The van der Waals surface area contributed by atoms with E-state index in [9.17, 15) is 14.7 Å². The molecule has 146 valence electrons. The second-order valence-corrected chi connectivity index (χ2v) is 5.80. The molecule has 0 aliphatic carbocycles. The van der Waals surface area contributed by atoms with Crippen molar-refractivity contribution in [3.05, 3.63) is 59.0 Å². The number of aromatic hydroxyl groups is 1. The first-order chi connectivity index (χ1) is 13.3. The molecule has 2 heterocycles. The Labute approximate surface area is 164 Å². The number of hydrogen-bond acceptors (Lipinski definition) is 7. The van der Waals surface area contributed by atoms with Gasteiger partial charge < -0.3 is 21.7 Å². The topological polar surface area (TPSA) is 170 Å². The summed E-state index contributed by atoms with van der Waals surface area (Å²) in [4.78, 5) is 24.2. The molecule has 6 N–H and O–H groups in total. The quantitative estimate of drug-likeness (QED) is 0.454. The van der Waals surface area contributed by atoms with Crippen molar-refractivity contribution in [1.82, 2.24) is 20.0 Å². The monoisotopic (exact) mass is 404 g/mol. The number of carbonyl (C=O) groups excluding carboxylic acids is 1. The summed E-state index contributed by atoms with van der Waals surface area (Å²) in [7, 11) is 0. The number of carbonyl (C=O) groups is 2. The highest BCUT2D eigenvalue weighted by atomic mass is 35.5. The van der Waals surface area contributed by atoms with Crippen LogP contribution in [0.4, 0.5) is 0 Å². The Kier molecular flexibility index (Phi) is 7.02. The van der Waals surface area contributed by atoms with E-state index in [1.54, 1.807) is 10.9 Å². The molecule has 0 aliphatic heterocycles. The van der Waals surface area contributed by atoms with Crippen LogP contribution >= 0.6 is 11.6 Å². The van der Waals surface area contributed by atoms with E-state index in [-0.39, 0.29) is 23.1 Å². The molecule has 0 aliphatic rings. The lowest BCUT2D eigenvalue weighted by atomic mass is 10.2. The molecule has 1 amide bonds. The number of primary amides is 1. The molecule has 1 aromatic carbocycles. The summed E-state index contributed by atoms with van der Waals surface area (Å²) in [5.74, 6) is -2.18. The lowest BCUT2D eigenvalue weighted by molar-refractivity contribution is -0.135. The number of amides is 1. The van der Waals surface area contributed by atoms with Crippen LogP contribution in [0.2, 0.25) is 5.15 Å². The summed E-state index contributed by atoms with van der Waals surface area (Å²) in [6.45, 7) is 0.268. The van der Waals surface area contributed by atoms with Gasteiger partial charge in [-0.3, -0.25) is 9.59 Å². The van der Waals surface area contributed by atoms with Gasteiger partial charge in [0.25, 0.3) is 5.91 Å². The first-order valence-electron chi connectivity index (χ1n) is 7.87. The Morgan fingerprint density at radius 2 is 1.86 bits per heavy atom. The molecule has 0 saturated heterocycles. The lowest BCUT2D eigenvalue weighted by Gasteiger charge is -2.04. The van der Waals surface area contributed by atoms with Crippen LogP contribution in [0.1, 0.15) is 16.1 Å². The van der Waals surface area contributed by atoms with Crippen molar-refractivity contribution in [2.24, 2.45) is 11.5 Å². The third-order valence-electron chi connectivity index (χ3n) is 3.37. The van der Waals surface area contributed by atoms with Gasteiger partial charge in [0.05, 0.1) is 19.3 Å². The summed E-state index contributed by atoms with van der Waals surface area (Å²) in [5, 5.41) is 25.5. The van der Waals surface area contributed by atoms with Crippen molar-refractivity contribution in [2.75, 3.05) is 6.54 Å². The summed E-state index contributed by atoms with van der Waals surface area (Å²) >= 11 is 6.04. The van der Waals surface area contributed by atoms with Crippen LogP contribution in [-0.2, 0) is 11.3 Å². The number of nitrogens with two attached hydrogens (primary N) is 2. The van der Waals surface area contributed by atoms with Crippen molar-refractivity contribution >= 4 is 23.5 Å². The minimum Gasteiger partial charge on any atom is -0.505 e. The van der Waals surface area contributed by atoms with Gasteiger partial charge in [-0.1, -0.05) is 47.1 Å². The first kappa shape index (κ1) is 20.8. The van der Waals surface area contributed by atoms with Gasteiger partial charge in [-0.05, 0) is 11.6 Å². The fourth-order valence-corrected chi connectivity index (χ4v) is 2.35. The molecule has 3 rings (SSSR count). The van der Waals surface area contributed by atoms with Crippen LogP contribution < -0.4 is 11.5 Å². The van der Waals surface area contributed by atoms with Crippen molar-refractivity contribution in [3.63, 3.8) is 0 Å². The zero-order valence-electron chi connectivity index (χ0n) is 14.5. The van der Waals surface area contributed by atoms with E-state index in [4.69, 9.17) is 22.4 Å². The predicted molar refractivity (Wildman–Crippen MR) is 101 cm³/mol. The number of carboxylic acid groups (broad SMARTS) is 1. The summed E-state index contributed by atoms with van der Waals surface area (Å²) < 4.78 is 1.64. The maximum atomic E-state index is 11.1. The molecule has 0 saturated carbocycles. The van der Waals surface area contributed by atoms with Crippen LogP contribution in [0.25, 0.3) is 11.3 Å². The SMILES string of the molecule is NC(=O)c1nc(Cl)c(-c2cn(Cc3ccccc3)nn2)cc1O.NCC(=O)O. The van der Waals surface area contributed by atoms with Crippen molar-refractivity contribution in [2.45, 2.75) is 6.54 Å². The molecule has 28 heavy (non-hydrogen) atoms. The van der Waals surface area contributed by atoms with Crippen LogP contribution in [0, 0.1) is 0 Å². The smallest absolute Gasteiger partial charge is 0.317 e. The number of aromatic nitrogens is 4. The maximum Gasteiger partial charge on any atom is 0.317 e. The third-order valence-corrected chi connectivity index (χ3v) is 3.65. The number of halogens is 1. The largest absolute Gasteiger partial charge is 0.505 e. The van der Waals surface area contributed by atoms with Gasteiger partial charge in [0.2, 0.25) is 0 Å². The van der Waals surface area contributed by atoms with Crippen molar-refractivity contribution in [1.29, 1.82) is 0 Å². The molecule has 3 aromatic rings. The van der Waals surface area contributed by atoms with E-state index in [1.807, 2.05) is 30.3 Å². The fourth-order valence-electron chi connectivity index (χ4n) is 2.11. The number of nitrogens with zero attached hydrogens (tertiary/aromatic N) is 4. The van der Waals surface area contributed by atoms with Gasteiger partial charge in [0, 0.05) is 5.56 Å². The minimum absolute atomic E-state index is 0.0170. The van der Waals surface area contributed by atoms with Gasteiger partial charge in [0.1, 0.15) is 16.6 Å². The molecule has 0 spiro atoms. The second-order valence-electron chi connectivity index (χ2n) is 5.44. The molecular formula is C17H17ClN6O4. The molecule has 2 aromatic heterocycles. The normalized spacial score (nSPS) is 10.1. The Bertz CT molecular complexity index is 977. The molecule has 11 heteroatoms. The zero-order chi connectivity index (χ0) is 20.7. The number of carboxylic acids is 1. The van der Waals surface area contributed by atoms with Crippen molar-refractivity contribution in [3.8, 4) is 17.0 Å². The maximum absolute atomic E-state index is 11.1. The average Bonchev–Trinajstić information content (AvgIpc) is 3.12. The first-order valence-corrected chi connectivity index (χ1v) is 8.25. The molecule has 10 nitrogen and oxygen atoms in total. The number of aliphatic carboxylic acids is 1. The number of rotatable bonds is 5. The Morgan fingerprint density at radius 1 is 1.21 bits per heavy atom. The van der Waals surface area contributed by atoms with E-state index in [2.05, 4.69) is 21.0 Å². The highest BCUT2D eigenvalue weighted by molar-refractivity contribution is 6.32. The van der Waals surface area contributed by atoms with Gasteiger partial charge >= 0.3 is 5.97 Å². The fraction of sp³-hybridized carbons (Fsp3) is 0.118. The molecule has 0 fully saturated rings. The molecule has 0 unspecified atom stereocenters. The molecular weight excluding hydrogens is 388 g/mol. The van der Waals surface area contributed by atoms with Crippen LogP contribution in [0.3, 0.4) is 0 Å². The Hall–Kier alpha value is -3.50. The second kappa shape index (κ2) is 9.44. The Balaban J connectivity index is 0.000000500. The third kappa shape index (κ3) is 5.50. The van der Waals surface area contributed by atoms with E-state index >= 15 is 0 Å². The number of benzene rings is 1. The van der Waals surface area contributed by atoms with E-state index in [0.29, 0.717) is 17.8 Å². The van der Waals surface area contributed by atoms with E-state index in [1.165, 1.54) is 6.07 Å². The standard InChI is InChI=1S/C15H12ClN5O2.C2H5NO2/c16-14-10(6-12(22)13(18-14)15(17)23)11-8-21(20-19-11)7-9-4-2-1-3-5-9;3-1-2(4)5/h1-6,8,22H,7H2,(H2,17,23);1,3H2,(H,4,5). The van der Waals surface area contributed by atoms with E-state index in [0.717, 1.165) is 5.56 Å². The average molecular weight is 405 g/mol. The molecule has 0 atom stereocenters. The van der Waals surface area contributed by atoms with Gasteiger partial charge in [-0.2, -0.15) is 0 Å². The summed E-state index contributed by atoms with van der Waals surface area (Å²) in [6, 6.07) is 11.1. The minimum atomic E-state index is -0.968. The Morgan fingerprint density at radius 3 is 2.43 bits per heavy atom. The van der Waals surface area contributed by atoms with Crippen LogP contribution in [0.15, 0.2) is 42.6 Å². The highest BCUT2D eigenvalue weighted by Gasteiger charge is 2.17. The molecule has 0 bridgehead atoms.